The standard InChI is InChI=1S/C15H20BrNO4/c1-4-10(16)8-15-6-5-7-17(15)9-11(13(18)20-2)12(15)14(19)21-3/h8H,4-7,9H2,1-3H3. The molecule has 2 rings (SSSR count). The number of hydrogen-bond acceptors (Lipinski definition) is 5. The van der Waals surface area contributed by atoms with Crippen LogP contribution in [0, 0.1) is 0 Å². The first-order chi connectivity index (χ1) is 10.00. The predicted molar refractivity (Wildman–Crippen MR) is 81.9 cm³/mol. The molecule has 0 spiro atoms. The maximum Gasteiger partial charge on any atom is 0.336 e. The molecule has 1 unspecified atom stereocenters. The number of carbonyl (C=O) groups excluding carboxylic acids is 2. The third-order valence-electron chi connectivity index (χ3n) is 4.19. The maximum absolute atomic E-state index is 12.3. The Bertz CT molecular complexity index is 526. The Hall–Kier alpha value is -1.14. The molecule has 0 aromatic heterocycles. The zero-order valence-electron chi connectivity index (χ0n) is 12.6. The molecule has 2 heterocycles. The molecule has 1 fully saturated rings. The van der Waals surface area contributed by atoms with E-state index in [1.165, 1.54) is 14.2 Å². The number of methoxy groups -OCH3 is 2. The van der Waals surface area contributed by atoms with Gasteiger partial charge in [0.05, 0.1) is 30.9 Å². The van der Waals surface area contributed by atoms with Gasteiger partial charge in [-0.25, -0.2) is 9.59 Å². The molecule has 2 aliphatic heterocycles. The minimum atomic E-state index is -0.550. The number of fused-ring (bicyclic) bond motifs is 1. The summed E-state index contributed by atoms with van der Waals surface area (Å²) in [5.41, 5.74) is 0.294. The largest absolute Gasteiger partial charge is 0.466 e. The number of halogens is 1. The molecule has 0 radical (unpaired) electrons. The van der Waals surface area contributed by atoms with Crippen LogP contribution in [0.4, 0.5) is 0 Å². The van der Waals surface area contributed by atoms with Crippen LogP contribution in [0.25, 0.3) is 0 Å². The zero-order chi connectivity index (χ0) is 15.6. The van der Waals surface area contributed by atoms with Gasteiger partial charge in [0.1, 0.15) is 0 Å². The molecule has 0 aromatic carbocycles. The molecule has 0 aromatic rings. The molecule has 0 bridgehead atoms. The van der Waals surface area contributed by atoms with Crippen molar-refractivity contribution >= 4 is 27.9 Å². The first-order valence-electron chi connectivity index (χ1n) is 7.02. The second-order valence-electron chi connectivity index (χ2n) is 5.23. The highest BCUT2D eigenvalue weighted by Crippen LogP contribution is 2.45. The van der Waals surface area contributed by atoms with Gasteiger partial charge >= 0.3 is 11.9 Å². The molecule has 2 aliphatic rings. The molecule has 1 saturated heterocycles. The molecular weight excluding hydrogens is 338 g/mol. The van der Waals surface area contributed by atoms with E-state index in [1.807, 2.05) is 13.0 Å². The van der Waals surface area contributed by atoms with Crippen molar-refractivity contribution < 1.29 is 19.1 Å². The van der Waals surface area contributed by atoms with E-state index in [0.29, 0.717) is 17.7 Å². The molecule has 116 valence electrons. The normalized spacial score (nSPS) is 26.0. The monoisotopic (exact) mass is 357 g/mol. The van der Waals surface area contributed by atoms with Crippen molar-refractivity contribution in [2.75, 3.05) is 27.3 Å². The van der Waals surface area contributed by atoms with Crippen LogP contribution < -0.4 is 0 Å². The fourth-order valence-electron chi connectivity index (χ4n) is 3.22. The lowest BCUT2D eigenvalue weighted by molar-refractivity contribution is -0.139. The van der Waals surface area contributed by atoms with Crippen LogP contribution in [0.15, 0.2) is 21.7 Å². The lowest BCUT2D eigenvalue weighted by Gasteiger charge is -2.31. The summed E-state index contributed by atoms with van der Waals surface area (Å²) in [7, 11) is 2.67. The van der Waals surface area contributed by atoms with Crippen molar-refractivity contribution in [2.45, 2.75) is 31.7 Å². The van der Waals surface area contributed by atoms with Crippen LogP contribution in [0.3, 0.4) is 0 Å². The van der Waals surface area contributed by atoms with Gasteiger partial charge < -0.3 is 9.47 Å². The third-order valence-corrected chi connectivity index (χ3v) is 4.98. The Morgan fingerprint density at radius 2 is 2.00 bits per heavy atom. The van der Waals surface area contributed by atoms with E-state index < -0.39 is 17.5 Å². The molecule has 1 atom stereocenters. The van der Waals surface area contributed by atoms with E-state index in [4.69, 9.17) is 9.47 Å². The second kappa shape index (κ2) is 6.32. The summed E-state index contributed by atoms with van der Waals surface area (Å²) in [5, 5.41) is 0. The van der Waals surface area contributed by atoms with Gasteiger partial charge in [-0.05, 0) is 36.4 Å². The smallest absolute Gasteiger partial charge is 0.336 e. The Balaban J connectivity index is 2.59. The Morgan fingerprint density at radius 1 is 1.33 bits per heavy atom. The van der Waals surface area contributed by atoms with Crippen molar-refractivity contribution in [3.63, 3.8) is 0 Å². The highest BCUT2D eigenvalue weighted by atomic mass is 79.9. The van der Waals surface area contributed by atoms with Gasteiger partial charge in [0, 0.05) is 6.54 Å². The van der Waals surface area contributed by atoms with Crippen molar-refractivity contribution in [1.29, 1.82) is 0 Å². The Kier molecular flexibility index (Phi) is 4.88. The number of rotatable bonds is 4. The fourth-order valence-corrected chi connectivity index (χ4v) is 3.60. The molecule has 21 heavy (non-hydrogen) atoms. The van der Waals surface area contributed by atoms with Gasteiger partial charge in [-0.3, -0.25) is 4.90 Å². The van der Waals surface area contributed by atoms with Crippen LogP contribution in [0.5, 0.6) is 0 Å². The lowest BCUT2D eigenvalue weighted by Crippen LogP contribution is -2.41. The minimum absolute atomic E-state index is 0.414. The first-order valence-corrected chi connectivity index (χ1v) is 7.82. The SMILES string of the molecule is CCC(Br)=CC12CCCN1CC(C(=O)OC)=C2C(=O)OC. The third kappa shape index (κ3) is 2.66. The number of carbonyl (C=O) groups is 2. The van der Waals surface area contributed by atoms with Gasteiger partial charge in [-0.15, -0.1) is 0 Å². The first kappa shape index (κ1) is 16.2. The molecule has 6 heteroatoms. The van der Waals surface area contributed by atoms with Crippen molar-refractivity contribution in [3.05, 3.63) is 21.7 Å². The van der Waals surface area contributed by atoms with Crippen molar-refractivity contribution in [1.82, 2.24) is 4.90 Å². The van der Waals surface area contributed by atoms with E-state index in [9.17, 15) is 9.59 Å². The predicted octanol–water partition coefficient (Wildman–Crippen LogP) is 2.17. The molecule has 0 amide bonds. The van der Waals surface area contributed by atoms with E-state index in [2.05, 4.69) is 20.8 Å². The average molecular weight is 358 g/mol. The van der Waals surface area contributed by atoms with Gasteiger partial charge in [0.2, 0.25) is 0 Å². The molecular formula is C15H20BrNO4. The van der Waals surface area contributed by atoms with E-state index in [-0.39, 0.29) is 0 Å². The van der Waals surface area contributed by atoms with Crippen LogP contribution in [-0.4, -0.2) is 49.7 Å². The number of esters is 2. The Labute approximate surface area is 133 Å². The molecule has 5 nitrogen and oxygen atoms in total. The van der Waals surface area contributed by atoms with Gasteiger partial charge in [0.25, 0.3) is 0 Å². The van der Waals surface area contributed by atoms with E-state index >= 15 is 0 Å². The lowest BCUT2D eigenvalue weighted by atomic mass is 9.86. The van der Waals surface area contributed by atoms with Crippen LogP contribution in [-0.2, 0) is 19.1 Å². The highest BCUT2D eigenvalue weighted by molar-refractivity contribution is 9.11. The van der Waals surface area contributed by atoms with Crippen LogP contribution in [0.2, 0.25) is 0 Å². The summed E-state index contributed by atoms with van der Waals surface area (Å²) in [5.74, 6) is -0.905. The summed E-state index contributed by atoms with van der Waals surface area (Å²) in [6.07, 6.45) is 4.66. The van der Waals surface area contributed by atoms with Gasteiger partial charge in [-0.2, -0.15) is 0 Å². The fraction of sp³-hybridized carbons (Fsp3) is 0.600. The van der Waals surface area contributed by atoms with Crippen molar-refractivity contribution in [3.8, 4) is 0 Å². The second-order valence-corrected chi connectivity index (χ2v) is 6.25. The summed E-state index contributed by atoms with van der Waals surface area (Å²) < 4.78 is 10.8. The molecule has 0 aliphatic carbocycles. The van der Waals surface area contributed by atoms with Gasteiger partial charge in [-0.1, -0.05) is 22.9 Å². The van der Waals surface area contributed by atoms with E-state index in [0.717, 1.165) is 30.3 Å². The van der Waals surface area contributed by atoms with Crippen LogP contribution >= 0.6 is 15.9 Å². The highest BCUT2D eigenvalue weighted by Gasteiger charge is 2.53. The summed E-state index contributed by atoms with van der Waals surface area (Å²) in [6, 6.07) is 0. The zero-order valence-corrected chi connectivity index (χ0v) is 14.2. The quantitative estimate of drug-likeness (QED) is 0.721. The molecule has 0 saturated carbocycles. The Morgan fingerprint density at radius 3 is 2.57 bits per heavy atom. The maximum atomic E-state index is 12.3. The summed E-state index contributed by atoms with van der Waals surface area (Å²) >= 11 is 3.53. The average Bonchev–Trinajstić information content (AvgIpc) is 3.00. The van der Waals surface area contributed by atoms with Gasteiger partial charge in [0.15, 0.2) is 0 Å². The number of hydrogen-bond donors (Lipinski definition) is 0. The number of nitrogens with zero attached hydrogens (tertiary/aromatic N) is 1. The topological polar surface area (TPSA) is 55.8 Å². The van der Waals surface area contributed by atoms with Crippen LogP contribution in [0.1, 0.15) is 26.2 Å². The summed E-state index contributed by atoms with van der Waals surface area (Å²) in [4.78, 5) is 26.5. The number of ether oxygens (including phenoxy) is 2. The molecule has 0 N–H and O–H groups in total. The summed E-state index contributed by atoms with van der Waals surface area (Å²) in [6.45, 7) is 3.31. The van der Waals surface area contributed by atoms with Crippen molar-refractivity contribution in [2.24, 2.45) is 0 Å². The number of allylic oxidation sites excluding steroid dienone is 1. The minimum Gasteiger partial charge on any atom is -0.466 e. The van der Waals surface area contributed by atoms with E-state index in [1.54, 1.807) is 0 Å².